The second kappa shape index (κ2) is 9.50. The summed E-state index contributed by atoms with van der Waals surface area (Å²) in [5.41, 5.74) is 5.98. The van der Waals surface area contributed by atoms with Gasteiger partial charge in [-0.3, -0.25) is 4.79 Å². The molecule has 0 bridgehead atoms. The minimum atomic E-state index is -0.278. The van der Waals surface area contributed by atoms with Gasteiger partial charge in [-0.1, -0.05) is 103 Å². The van der Waals surface area contributed by atoms with E-state index in [1.165, 1.54) is 0 Å². The van der Waals surface area contributed by atoms with Crippen LogP contribution in [0.2, 0.25) is 5.02 Å². The number of carbonyl (C=O) groups is 1. The second-order valence-electron chi connectivity index (χ2n) is 8.21. The van der Waals surface area contributed by atoms with Crippen LogP contribution in [0.15, 0.2) is 109 Å². The zero-order chi connectivity index (χ0) is 23.5. The Morgan fingerprint density at radius 2 is 1.32 bits per heavy atom. The van der Waals surface area contributed by atoms with Gasteiger partial charge in [0.1, 0.15) is 0 Å². The normalized spacial score (nSPS) is 11.0. The zero-order valence-corrected chi connectivity index (χ0v) is 19.5. The fraction of sp³-hybridized carbons (Fsp3) is 0.0667. The quantitative estimate of drug-likeness (QED) is 0.296. The molecule has 0 aliphatic rings. The summed E-state index contributed by atoms with van der Waals surface area (Å²) < 4.78 is 0. The van der Waals surface area contributed by atoms with Crippen molar-refractivity contribution in [1.29, 1.82) is 0 Å². The number of halogens is 1. The Bertz CT molecular complexity index is 1410. The van der Waals surface area contributed by atoms with Crippen LogP contribution >= 0.6 is 11.6 Å². The molecule has 0 atom stereocenters. The summed E-state index contributed by atoms with van der Waals surface area (Å²) in [6.45, 7) is 1.96. The van der Waals surface area contributed by atoms with Crippen LogP contribution < -0.4 is 5.32 Å². The second-order valence-corrected chi connectivity index (χ2v) is 8.65. The molecule has 3 nitrogen and oxygen atoms in total. The molecule has 0 unspecified atom stereocenters. The molecular formula is C30H23ClN2O. The van der Waals surface area contributed by atoms with Crippen molar-refractivity contribution in [3.63, 3.8) is 0 Å². The van der Waals surface area contributed by atoms with Gasteiger partial charge in [-0.25, -0.2) is 4.98 Å². The van der Waals surface area contributed by atoms with Crippen LogP contribution in [0.25, 0.3) is 22.2 Å². The molecule has 1 amide bonds. The van der Waals surface area contributed by atoms with E-state index in [0.717, 1.165) is 38.9 Å². The predicted molar refractivity (Wildman–Crippen MR) is 139 cm³/mol. The summed E-state index contributed by atoms with van der Waals surface area (Å²) in [6.07, 6.45) is 0. The number of hydrogen-bond acceptors (Lipinski definition) is 2. The number of pyridine rings is 1. The number of benzene rings is 4. The van der Waals surface area contributed by atoms with Crippen LogP contribution in [0.4, 0.5) is 0 Å². The molecule has 0 spiro atoms. The van der Waals surface area contributed by atoms with Gasteiger partial charge in [0.2, 0.25) is 0 Å². The highest BCUT2D eigenvalue weighted by Gasteiger charge is 2.23. The minimum absolute atomic E-state index is 0.135. The third-order valence-electron chi connectivity index (χ3n) is 6.02. The van der Waals surface area contributed by atoms with Gasteiger partial charge in [0, 0.05) is 16.0 Å². The molecule has 0 saturated carbocycles. The van der Waals surface area contributed by atoms with Gasteiger partial charge in [-0.15, -0.1) is 0 Å². The van der Waals surface area contributed by atoms with Crippen LogP contribution in [0, 0.1) is 6.92 Å². The van der Waals surface area contributed by atoms with Crippen LogP contribution in [0.1, 0.15) is 33.1 Å². The minimum Gasteiger partial charge on any atom is -0.341 e. The molecule has 5 aromatic rings. The van der Waals surface area contributed by atoms with Crippen molar-refractivity contribution in [1.82, 2.24) is 10.3 Å². The molecule has 5 rings (SSSR count). The van der Waals surface area contributed by atoms with E-state index >= 15 is 0 Å². The first-order chi connectivity index (χ1) is 16.6. The highest BCUT2D eigenvalue weighted by molar-refractivity contribution is 6.30. The maximum atomic E-state index is 13.9. The van der Waals surface area contributed by atoms with E-state index in [1.54, 1.807) is 0 Å². The smallest absolute Gasteiger partial charge is 0.253 e. The molecule has 1 N–H and O–H groups in total. The lowest BCUT2D eigenvalue weighted by molar-refractivity contribution is 0.0944. The number of rotatable bonds is 5. The van der Waals surface area contributed by atoms with Crippen molar-refractivity contribution < 1.29 is 4.79 Å². The average molecular weight is 463 g/mol. The van der Waals surface area contributed by atoms with E-state index < -0.39 is 0 Å². The molecule has 166 valence electrons. The van der Waals surface area contributed by atoms with Crippen LogP contribution in [-0.4, -0.2) is 10.9 Å². The van der Waals surface area contributed by atoms with Gasteiger partial charge in [-0.2, -0.15) is 0 Å². The number of aromatic nitrogens is 1. The standard InChI is InChI=1S/C30H23ClN2O/c1-20-27(25-14-8-9-15-26(25)32-28(20)23-16-18-24(31)19-17-23)30(34)33-29(21-10-4-2-5-11-21)22-12-6-3-7-13-22/h2-19,29H,1H3,(H,33,34). The summed E-state index contributed by atoms with van der Waals surface area (Å²) in [5.74, 6) is -0.135. The molecule has 4 aromatic carbocycles. The Labute approximate surface area is 204 Å². The largest absolute Gasteiger partial charge is 0.341 e. The Kier molecular flexibility index (Phi) is 6.11. The van der Waals surface area contributed by atoms with E-state index in [1.807, 2.05) is 116 Å². The molecule has 34 heavy (non-hydrogen) atoms. The SMILES string of the molecule is Cc1c(-c2ccc(Cl)cc2)nc2ccccc2c1C(=O)NC(c1ccccc1)c1ccccc1. The number of nitrogens with one attached hydrogen (secondary N) is 1. The number of carbonyl (C=O) groups excluding carboxylic acids is 1. The highest BCUT2D eigenvalue weighted by Crippen LogP contribution is 2.31. The van der Waals surface area contributed by atoms with Crippen molar-refractivity contribution in [2.45, 2.75) is 13.0 Å². The Hall–Kier alpha value is -3.95. The van der Waals surface area contributed by atoms with Crippen molar-refractivity contribution in [3.8, 4) is 11.3 Å². The molecule has 0 saturated heterocycles. The Balaban J connectivity index is 1.63. The molecule has 1 heterocycles. The fourth-order valence-electron chi connectivity index (χ4n) is 4.34. The topological polar surface area (TPSA) is 42.0 Å². The number of hydrogen-bond donors (Lipinski definition) is 1. The average Bonchev–Trinajstić information content (AvgIpc) is 2.88. The number of para-hydroxylation sites is 1. The summed E-state index contributed by atoms with van der Waals surface area (Å²) in [6, 6.07) is 35.1. The lowest BCUT2D eigenvalue weighted by Gasteiger charge is -2.22. The van der Waals surface area contributed by atoms with E-state index in [9.17, 15) is 4.79 Å². The third-order valence-corrected chi connectivity index (χ3v) is 6.27. The lowest BCUT2D eigenvalue weighted by Crippen LogP contribution is -2.30. The van der Waals surface area contributed by atoms with Gasteiger partial charge in [0.05, 0.1) is 22.8 Å². The van der Waals surface area contributed by atoms with E-state index in [-0.39, 0.29) is 11.9 Å². The van der Waals surface area contributed by atoms with Crippen LogP contribution in [0.3, 0.4) is 0 Å². The van der Waals surface area contributed by atoms with Gasteiger partial charge in [0.25, 0.3) is 5.91 Å². The first-order valence-corrected chi connectivity index (χ1v) is 11.6. The maximum absolute atomic E-state index is 13.9. The van der Waals surface area contributed by atoms with Crippen molar-refractivity contribution in [2.75, 3.05) is 0 Å². The molecule has 4 heteroatoms. The molecule has 0 aliphatic heterocycles. The third kappa shape index (κ3) is 4.30. The van der Waals surface area contributed by atoms with Gasteiger partial charge < -0.3 is 5.32 Å². The summed E-state index contributed by atoms with van der Waals surface area (Å²) in [5, 5.41) is 4.79. The first kappa shape index (κ1) is 21.9. The van der Waals surface area contributed by atoms with Gasteiger partial charge in [-0.05, 0) is 41.8 Å². The predicted octanol–water partition coefficient (Wildman–Crippen LogP) is 7.38. The Morgan fingerprint density at radius 3 is 1.94 bits per heavy atom. The molecule has 0 radical (unpaired) electrons. The van der Waals surface area contributed by atoms with Gasteiger partial charge >= 0.3 is 0 Å². The fourth-order valence-corrected chi connectivity index (χ4v) is 4.47. The zero-order valence-electron chi connectivity index (χ0n) is 18.7. The first-order valence-electron chi connectivity index (χ1n) is 11.2. The maximum Gasteiger partial charge on any atom is 0.253 e. The highest BCUT2D eigenvalue weighted by atomic mass is 35.5. The Morgan fingerprint density at radius 1 is 0.765 bits per heavy atom. The number of amides is 1. The van der Waals surface area contributed by atoms with Crippen molar-refractivity contribution >= 4 is 28.4 Å². The van der Waals surface area contributed by atoms with Gasteiger partial charge in [0.15, 0.2) is 0 Å². The van der Waals surface area contributed by atoms with E-state index in [4.69, 9.17) is 16.6 Å². The van der Waals surface area contributed by atoms with Crippen molar-refractivity contribution in [2.24, 2.45) is 0 Å². The number of nitrogens with zero attached hydrogens (tertiary/aromatic N) is 1. The molecule has 0 fully saturated rings. The lowest BCUT2D eigenvalue weighted by atomic mass is 9.95. The molecule has 0 aliphatic carbocycles. The van der Waals surface area contributed by atoms with E-state index in [2.05, 4.69) is 5.32 Å². The summed E-state index contributed by atoms with van der Waals surface area (Å²) in [4.78, 5) is 18.8. The van der Waals surface area contributed by atoms with E-state index in [0.29, 0.717) is 10.6 Å². The van der Waals surface area contributed by atoms with Crippen LogP contribution in [-0.2, 0) is 0 Å². The van der Waals surface area contributed by atoms with Crippen molar-refractivity contribution in [3.05, 3.63) is 136 Å². The number of fused-ring (bicyclic) bond motifs is 1. The summed E-state index contributed by atoms with van der Waals surface area (Å²) >= 11 is 6.10. The molecular weight excluding hydrogens is 440 g/mol. The van der Waals surface area contributed by atoms with Crippen LogP contribution in [0.5, 0.6) is 0 Å². The summed E-state index contributed by atoms with van der Waals surface area (Å²) in [7, 11) is 0. The molecule has 1 aromatic heterocycles. The monoisotopic (exact) mass is 462 g/mol.